The van der Waals surface area contributed by atoms with Gasteiger partial charge in [0.2, 0.25) is 11.8 Å². The van der Waals surface area contributed by atoms with Gasteiger partial charge in [-0.25, -0.2) is 0 Å². The average Bonchev–Trinajstić information content (AvgIpc) is 3.03. The fraction of sp³-hybridized carbons (Fsp3) is 0.357. The zero-order valence-corrected chi connectivity index (χ0v) is 14.1. The van der Waals surface area contributed by atoms with Gasteiger partial charge in [0.1, 0.15) is 0 Å². The van der Waals surface area contributed by atoms with Crippen molar-refractivity contribution >= 4 is 33.6 Å². The minimum atomic E-state index is 0.0664. The lowest BCUT2D eigenvalue weighted by Crippen LogP contribution is -2.41. The number of nitrogens with zero attached hydrogens (tertiary/aromatic N) is 3. The number of morpholine rings is 1. The third kappa shape index (κ3) is 3.88. The summed E-state index contributed by atoms with van der Waals surface area (Å²) in [7, 11) is 0. The maximum Gasteiger partial charge on any atom is 0.277 e. The Balaban J connectivity index is 1.57. The average molecular weight is 384 g/mol. The van der Waals surface area contributed by atoms with Gasteiger partial charge in [-0.3, -0.25) is 4.79 Å². The summed E-state index contributed by atoms with van der Waals surface area (Å²) in [6.45, 7) is 2.50. The van der Waals surface area contributed by atoms with Gasteiger partial charge in [0, 0.05) is 23.1 Å². The van der Waals surface area contributed by atoms with Crippen LogP contribution in [0.25, 0.3) is 11.5 Å². The molecular weight excluding hydrogens is 370 g/mol. The molecule has 22 heavy (non-hydrogen) atoms. The normalized spacial score (nSPS) is 15.0. The van der Waals surface area contributed by atoms with Crippen molar-refractivity contribution in [1.29, 1.82) is 0 Å². The minimum absolute atomic E-state index is 0.0664. The number of benzene rings is 1. The second-order valence-electron chi connectivity index (χ2n) is 4.66. The van der Waals surface area contributed by atoms with Crippen molar-refractivity contribution in [2.75, 3.05) is 32.1 Å². The Bertz CT molecular complexity index is 641. The molecule has 1 aromatic heterocycles. The highest BCUT2D eigenvalue weighted by molar-refractivity contribution is 9.10. The Hall–Kier alpha value is -1.38. The quantitative estimate of drug-likeness (QED) is 0.755. The first-order valence-electron chi connectivity index (χ1n) is 6.80. The van der Waals surface area contributed by atoms with E-state index >= 15 is 0 Å². The number of rotatable bonds is 4. The van der Waals surface area contributed by atoms with Gasteiger partial charge in [-0.2, -0.15) is 0 Å². The molecule has 1 aliphatic heterocycles. The lowest BCUT2D eigenvalue weighted by atomic mass is 10.2. The van der Waals surface area contributed by atoms with Crippen molar-refractivity contribution in [2.24, 2.45) is 0 Å². The molecule has 0 saturated carbocycles. The molecule has 1 saturated heterocycles. The van der Waals surface area contributed by atoms with Crippen molar-refractivity contribution in [3.8, 4) is 11.5 Å². The first-order chi connectivity index (χ1) is 10.7. The molecule has 3 rings (SSSR count). The number of halogens is 1. The third-order valence-corrected chi connectivity index (χ3v) is 4.51. The Morgan fingerprint density at radius 2 is 1.95 bits per heavy atom. The monoisotopic (exact) mass is 383 g/mol. The van der Waals surface area contributed by atoms with Crippen LogP contribution in [0.3, 0.4) is 0 Å². The maximum absolute atomic E-state index is 12.0. The van der Waals surface area contributed by atoms with E-state index in [-0.39, 0.29) is 5.91 Å². The summed E-state index contributed by atoms with van der Waals surface area (Å²) < 4.78 is 11.8. The van der Waals surface area contributed by atoms with Crippen LogP contribution in [0.2, 0.25) is 0 Å². The molecule has 1 aromatic carbocycles. The molecule has 116 valence electrons. The molecule has 2 aromatic rings. The maximum atomic E-state index is 12.0. The van der Waals surface area contributed by atoms with E-state index in [1.807, 2.05) is 24.3 Å². The Morgan fingerprint density at radius 3 is 2.68 bits per heavy atom. The van der Waals surface area contributed by atoms with Gasteiger partial charge in [0.05, 0.1) is 19.0 Å². The number of aromatic nitrogens is 2. The number of carbonyl (C=O) groups excluding carboxylic acids is 1. The predicted octanol–water partition coefficient (Wildman–Crippen LogP) is 2.45. The second-order valence-corrected chi connectivity index (χ2v) is 6.50. The molecule has 2 heterocycles. The Kier molecular flexibility index (Phi) is 5.12. The van der Waals surface area contributed by atoms with E-state index in [0.717, 1.165) is 10.0 Å². The van der Waals surface area contributed by atoms with Gasteiger partial charge >= 0.3 is 0 Å². The highest BCUT2D eigenvalue weighted by Gasteiger charge is 2.18. The van der Waals surface area contributed by atoms with E-state index in [2.05, 4.69) is 26.1 Å². The molecule has 6 nitrogen and oxygen atoms in total. The SMILES string of the molecule is O=C(CSc1nnc(-c2ccc(Br)cc2)o1)N1CCOCC1. The van der Waals surface area contributed by atoms with Crippen molar-refractivity contribution in [2.45, 2.75) is 5.22 Å². The van der Waals surface area contributed by atoms with E-state index < -0.39 is 0 Å². The van der Waals surface area contributed by atoms with Gasteiger partial charge in [-0.1, -0.05) is 27.7 Å². The number of carbonyl (C=O) groups is 1. The molecule has 1 aliphatic rings. The number of ether oxygens (including phenoxy) is 1. The molecule has 0 N–H and O–H groups in total. The first kappa shape index (κ1) is 15.5. The zero-order valence-electron chi connectivity index (χ0n) is 11.7. The fourth-order valence-corrected chi connectivity index (χ4v) is 2.94. The Labute approximate surface area is 140 Å². The molecule has 1 fully saturated rings. The van der Waals surface area contributed by atoms with Gasteiger partial charge in [-0.05, 0) is 24.3 Å². The smallest absolute Gasteiger partial charge is 0.277 e. The van der Waals surface area contributed by atoms with Crippen LogP contribution in [0.1, 0.15) is 0 Å². The van der Waals surface area contributed by atoms with Gasteiger partial charge in [0.25, 0.3) is 5.22 Å². The van der Waals surface area contributed by atoms with Gasteiger partial charge in [0.15, 0.2) is 0 Å². The van der Waals surface area contributed by atoms with E-state index in [9.17, 15) is 4.79 Å². The van der Waals surface area contributed by atoms with Crippen molar-refractivity contribution in [1.82, 2.24) is 15.1 Å². The lowest BCUT2D eigenvalue weighted by Gasteiger charge is -2.26. The minimum Gasteiger partial charge on any atom is -0.411 e. The first-order valence-corrected chi connectivity index (χ1v) is 8.58. The summed E-state index contributed by atoms with van der Waals surface area (Å²) in [6, 6.07) is 7.61. The van der Waals surface area contributed by atoms with Crippen LogP contribution in [-0.2, 0) is 9.53 Å². The molecule has 0 aliphatic carbocycles. The van der Waals surface area contributed by atoms with E-state index in [1.165, 1.54) is 11.8 Å². The standard InChI is InChI=1S/C14H14BrN3O3S/c15-11-3-1-10(2-4-11)13-16-17-14(21-13)22-9-12(19)18-5-7-20-8-6-18/h1-4H,5-9H2. The molecule has 0 unspecified atom stereocenters. The van der Waals surface area contributed by atoms with Crippen LogP contribution < -0.4 is 0 Å². The summed E-state index contributed by atoms with van der Waals surface area (Å²) in [5.74, 6) is 0.813. The molecule has 0 spiro atoms. The molecule has 0 atom stereocenters. The number of hydrogen-bond donors (Lipinski definition) is 0. The highest BCUT2D eigenvalue weighted by Crippen LogP contribution is 2.24. The fourth-order valence-electron chi connectivity index (χ4n) is 2.00. The van der Waals surface area contributed by atoms with Crippen molar-refractivity contribution in [3.05, 3.63) is 28.7 Å². The van der Waals surface area contributed by atoms with E-state index in [4.69, 9.17) is 9.15 Å². The van der Waals surface area contributed by atoms with Crippen LogP contribution in [0, 0.1) is 0 Å². The Morgan fingerprint density at radius 1 is 1.23 bits per heavy atom. The summed E-state index contributed by atoms with van der Waals surface area (Å²) in [6.07, 6.45) is 0. The van der Waals surface area contributed by atoms with Gasteiger partial charge in [-0.15, -0.1) is 10.2 Å². The van der Waals surface area contributed by atoms with Crippen LogP contribution in [0.5, 0.6) is 0 Å². The van der Waals surface area contributed by atoms with Gasteiger partial charge < -0.3 is 14.1 Å². The van der Waals surface area contributed by atoms with Crippen molar-refractivity contribution in [3.63, 3.8) is 0 Å². The molecule has 1 amide bonds. The topological polar surface area (TPSA) is 68.5 Å². The van der Waals surface area contributed by atoms with E-state index in [1.54, 1.807) is 4.90 Å². The predicted molar refractivity (Wildman–Crippen MR) is 85.6 cm³/mol. The van der Waals surface area contributed by atoms with Crippen LogP contribution in [0.15, 0.2) is 38.4 Å². The number of thioether (sulfide) groups is 1. The largest absolute Gasteiger partial charge is 0.411 e. The van der Waals surface area contributed by atoms with Crippen LogP contribution in [-0.4, -0.2) is 53.1 Å². The van der Waals surface area contributed by atoms with Crippen LogP contribution in [0.4, 0.5) is 0 Å². The summed E-state index contributed by atoms with van der Waals surface area (Å²) in [5, 5.41) is 8.38. The third-order valence-electron chi connectivity index (χ3n) is 3.18. The molecule has 8 heteroatoms. The second kappa shape index (κ2) is 7.26. The molecule has 0 radical (unpaired) electrons. The van der Waals surface area contributed by atoms with Crippen LogP contribution >= 0.6 is 27.7 Å². The van der Waals surface area contributed by atoms with E-state index in [0.29, 0.717) is 43.2 Å². The number of amides is 1. The zero-order chi connectivity index (χ0) is 15.4. The highest BCUT2D eigenvalue weighted by atomic mass is 79.9. The summed E-state index contributed by atoms with van der Waals surface area (Å²) >= 11 is 4.64. The lowest BCUT2D eigenvalue weighted by molar-refractivity contribution is -0.132. The number of hydrogen-bond acceptors (Lipinski definition) is 6. The summed E-state index contributed by atoms with van der Waals surface area (Å²) in [5.41, 5.74) is 0.849. The summed E-state index contributed by atoms with van der Waals surface area (Å²) in [4.78, 5) is 13.8. The van der Waals surface area contributed by atoms with Crippen molar-refractivity contribution < 1.29 is 13.9 Å². The molecule has 0 bridgehead atoms. The molecular formula is C14H14BrN3O3S.